The zero-order valence-electron chi connectivity index (χ0n) is 10.3. The zero-order chi connectivity index (χ0) is 12.1. The van der Waals surface area contributed by atoms with E-state index in [2.05, 4.69) is 11.0 Å². The fourth-order valence-corrected chi connectivity index (χ4v) is 2.17. The van der Waals surface area contributed by atoms with Gasteiger partial charge in [-0.1, -0.05) is 18.2 Å². The van der Waals surface area contributed by atoms with Crippen LogP contribution in [-0.4, -0.2) is 44.4 Å². The van der Waals surface area contributed by atoms with Gasteiger partial charge >= 0.3 is 0 Å². The van der Waals surface area contributed by atoms with Crippen LogP contribution in [0.3, 0.4) is 0 Å². The van der Waals surface area contributed by atoms with E-state index in [0.717, 1.165) is 32.1 Å². The molecule has 0 saturated carbocycles. The van der Waals surface area contributed by atoms with Crippen LogP contribution in [0.25, 0.3) is 0 Å². The van der Waals surface area contributed by atoms with E-state index in [1.165, 1.54) is 5.56 Å². The van der Waals surface area contributed by atoms with Crippen LogP contribution in [-0.2, 0) is 11.3 Å². The molecule has 0 aromatic heterocycles. The first-order valence-corrected chi connectivity index (χ1v) is 5.99. The van der Waals surface area contributed by atoms with Gasteiger partial charge in [-0.05, 0) is 6.07 Å². The molecule has 2 rings (SSSR count). The molecule has 4 heteroatoms. The number of nitrogens with two attached hydrogens (primary N) is 1. The average Bonchev–Trinajstić information content (AvgIpc) is 2.40. The van der Waals surface area contributed by atoms with Crippen molar-refractivity contribution in [3.63, 3.8) is 0 Å². The van der Waals surface area contributed by atoms with Gasteiger partial charge in [-0.3, -0.25) is 4.90 Å². The number of rotatable bonds is 4. The molecule has 1 aliphatic heterocycles. The first kappa shape index (κ1) is 12.4. The standard InChI is InChI=1S/C13H20N2O2/c1-16-13-5-3-2-4-11(13)9-15-6-7-17-10-12(15)8-14/h2-5,12H,6-10,14H2,1H3. The quantitative estimate of drug-likeness (QED) is 0.842. The zero-order valence-corrected chi connectivity index (χ0v) is 10.3. The molecule has 1 aromatic carbocycles. The van der Waals surface area contributed by atoms with Crippen LogP contribution in [0, 0.1) is 0 Å². The third-order valence-corrected chi connectivity index (χ3v) is 3.19. The molecule has 0 amide bonds. The van der Waals surface area contributed by atoms with Crippen molar-refractivity contribution in [2.24, 2.45) is 5.73 Å². The first-order chi connectivity index (χ1) is 8.35. The fraction of sp³-hybridized carbons (Fsp3) is 0.538. The largest absolute Gasteiger partial charge is 0.496 e. The summed E-state index contributed by atoms with van der Waals surface area (Å²) in [6.45, 7) is 3.95. The number of hydrogen-bond acceptors (Lipinski definition) is 4. The maximum Gasteiger partial charge on any atom is 0.123 e. The Morgan fingerprint density at radius 3 is 3.06 bits per heavy atom. The van der Waals surface area contributed by atoms with Gasteiger partial charge in [-0.15, -0.1) is 0 Å². The molecular formula is C13H20N2O2. The second-order valence-corrected chi connectivity index (χ2v) is 4.25. The molecule has 4 nitrogen and oxygen atoms in total. The minimum Gasteiger partial charge on any atom is -0.496 e. The van der Waals surface area contributed by atoms with Crippen LogP contribution >= 0.6 is 0 Å². The maximum atomic E-state index is 5.76. The van der Waals surface area contributed by atoms with Gasteiger partial charge in [0.1, 0.15) is 5.75 Å². The molecule has 1 aliphatic rings. The monoisotopic (exact) mass is 236 g/mol. The molecule has 1 saturated heterocycles. The van der Waals surface area contributed by atoms with E-state index >= 15 is 0 Å². The first-order valence-electron chi connectivity index (χ1n) is 5.99. The van der Waals surface area contributed by atoms with E-state index in [-0.39, 0.29) is 0 Å². The molecule has 2 N–H and O–H groups in total. The van der Waals surface area contributed by atoms with Gasteiger partial charge in [-0.2, -0.15) is 0 Å². The number of para-hydroxylation sites is 1. The van der Waals surface area contributed by atoms with Gasteiger partial charge in [0, 0.05) is 31.2 Å². The molecular weight excluding hydrogens is 216 g/mol. The summed E-state index contributed by atoms with van der Waals surface area (Å²) >= 11 is 0. The SMILES string of the molecule is COc1ccccc1CN1CCOCC1CN. The van der Waals surface area contributed by atoms with Crippen molar-refractivity contribution >= 4 is 0 Å². The molecule has 17 heavy (non-hydrogen) atoms. The van der Waals surface area contributed by atoms with Gasteiger partial charge in [0.25, 0.3) is 0 Å². The number of hydrogen-bond donors (Lipinski definition) is 1. The van der Waals surface area contributed by atoms with E-state index in [1.807, 2.05) is 18.2 Å². The summed E-state index contributed by atoms with van der Waals surface area (Å²) < 4.78 is 10.8. The number of methoxy groups -OCH3 is 1. The summed E-state index contributed by atoms with van der Waals surface area (Å²) in [5, 5.41) is 0. The van der Waals surface area contributed by atoms with E-state index in [0.29, 0.717) is 12.6 Å². The van der Waals surface area contributed by atoms with Gasteiger partial charge in [-0.25, -0.2) is 0 Å². The second-order valence-electron chi connectivity index (χ2n) is 4.25. The highest BCUT2D eigenvalue weighted by atomic mass is 16.5. The Hall–Kier alpha value is -1.10. The van der Waals surface area contributed by atoms with Crippen molar-refractivity contribution in [3.05, 3.63) is 29.8 Å². The summed E-state index contributed by atoms with van der Waals surface area (Å²) in [4.78, 5) is 2.36. The van der Waals surface area contributed by atoms with Crippen LogP contribution < -0.4 is 10.5 Å². The van der Waals surface area contributed by atoms with Crippen LogP contribution in [0.1, 0.15) is 5.56 Å². The van der Waals surface area contributed by atoms with Crippen molar-refractivity contribution in [1.82, 2.24) is 4.90 Å². The van der Waals surface area contributed by atoms with Crippen LogP contribution in [0.2, 0.25) is 0 Å². The van der Waals surface area contributed by atoms with Crippen LogP contribution in [0.5, 0.6) is 5.75 Å². The van der Waals surface area contributed by atoms with E-state index in [4.69, 9.17) is 15.2 Å². The highest BCUT2D eigenvalue weighted by Crippen LogP contribution is 2.21. The molecule has 0 aliphatic carbocycles. The lowest BCUT2D eigenvalue weighted by molar-refractivity contribution is -0.00819. The molecule has 94 valence electrons. The van der Waals surface area contributed by atoms with Crippen molar-refractivity contribution in [2.75, 3.05) is 33.4 Å². The minimum atomic E-state index is 0.314. The maximum absolute atomic E-state index is 5.76. The number of benzene rings is 1. The molecule has 0 bridgehead atoms. The molecule has 1 atom stereocenters. The lowest BCUT2D eigenvalue weighted by Gasteiger charge is -2.35. The summed E-state index contributed by atoms with van der Waals surface area (Å²) in [5.74, 6) is 0.940. The van der Waals surface area contributed by atoms with E-state index in [1.54, 1.807) is 7.11 Å². The van der Waals surface area contributed by atoms with Crippen LogP contribution in [0.15, 0.2) is 24.3 Å². The van der Waals surface area contributed by atoms with Crippen molar-refractivity contribution in [1.29, 1.82) is 0 Å². The van der Waals surface area contributed by atoms with Gasteiger partial charge in [0.05, 0.1) is 20.3 Å². The molecule has 0 radical (unpaired) electrons. The predicted molar refractivity (Wildman–Crippen MR) is 67.1 cm³/mol. The number of ether oxygens (including phenoxy) is 2. The third-order valence-electron chi connectivity index (χ3n) is 3.19. The number of nitrogens with zero attached hydrogens (tertiary/aromatic N) is 1. The summed E-state index contributed by atoms with van der Waals surface area (Å²) in [6.07, 6.45) is 0. The highest BCUT2D eigenvalue weighted by Gasteiger charge is 2.22. The summed E-state index contributed by atoms with van der Waals surface area (Å²) in [7, 11) is 1.71. The Labute approximate surface area is 102 Å². The lowest BCUT2D eigenvalue weighted by atomic mass is 10.1. The number of morpholine rings is 1. The van der Waals surface area contributed by atoms with Crippen molar-refractivity contribution in [2.45, 2.75) is 12.6 Å². The molecule has 0 spiro atoms. The smallest absolute Gasteiger partial charge is 0.123 e. The molecule has 1 unspecified atom stereocenters. The van der Waals surface area contributed by atoms with Gasteiger partial charge in [0.15, 0.2) is 0 Å². The third kappa shape index (κ3) is 2.97. The molecule has 1 heterocycles. The fourth-order valence-electron chi connectivity index (χ4n) is 2.17. The Kier molecular flexibility index (Phi) is 4.36. The molecule has 1 fully saturated rings. The topological polar surface area (TPSA) is 47.7 Å². The van der Waals surface area contributed by atoms with Crippen LogP contribution in [0.4, 0.5) is 0 Å². The summed E-state index contributed by atoms with van der Waals surface area (Å²) in [6, 6.07) is 8.43. The Morgan fingerprint density at radius 1 is 1.47 bits per heavy atom. The minimum absolute atomic E-state index is 0.314. The van der Waals surface area contributed by atoms with Crippen molar-refractivity contribution in [3.8, 4) is 5.75 Å². The highest BCUT2D eigenvalue weighted by molar-refractivity contribution is 5.33. The normalized spacial score (nSPS) is 21.4. The van der Waals surface area contributed by atoms with Crippen molar-refractivity contribution < 1.29 is 9.47 Å². The Balaban J connectivity index is 2.08. The lowest BCUT2D eigenvalue weighted by Crippen LogP contribution is -2.48. The van der Waals surface area contributed by atoms with E-state index < -0.39 is 0 Å². The Bertz CT molecular complexity index is 357. The van der Waals surface area contributed by atoms with Gasteiger partial charge in [0.2, 0.25) is 0 Å². The summed E-state index contributed by atoms with van der Waals surface area (Å²) in [5.41, 5.74) is 6.97. The van der Waals surface area contributed by atoms with Gasteiger partial charge < -0.3 is 15.2 Å². The molecule has 1 aromatic rings. The van der Waals surface area contributed by atoms with E-state index in [9.17, 15) is 0 Å². The average molecular weight is 236 g/mol. The Morgan fingerprint density at radius 2 is 2.29 bits per heavy atom. The second kappa shape index (κ2) is 6.00. The predicted octanol–water partition coefficient (Wildman–Crippen LogP) is 0.855.